The smallest absolute Gasteiger partial charge is 0.0899 e. The molecule has 0 aliphatic carbocycles. The summed E-state index contributed by atoms with van der Waals surface area (Å²) in [4.78, 5) is 0. The molecule has 0 spiro atoms. The molecule has 0 aliphatic rings. The van der Waals surface area contributed by atoms with Gasteiger partial charge in [-0.15, -0.1) is 5.73 Å². The Morgan fingerprint density at radius 2 is 1.69 bits per heavy atom. The van der Waals surface area contributed by atoms with Crippen molar-refractivity contribution in [2.75, 3.05) is 0 Å². The molecule has 0 saturated heterocycles. The second-order valence-corrected chi connectivity index (χ2v) is 7.09. The fourth-order valence-corrected chi connectivity index (χ4v) is 3.19. The van der Waals surface area contributed by atoms with Crippen LogP contribution in [0.1, 0.15) is 69.1 Å². The highest BCUT2D eigenvalue weighted by Crippen LogP contribution is 2.32. The number of aliphatic hydroxyl groups is 1. The Morgan fingerprint density at radius 3 is 2.31 bits per heavy atom. The van der Waals surface area contributed by atoms with E-state index < -0.39 is 6.10 Å². The highest BCUT2D eigenvalue weighted by Gasteiger charge is 2.20. The topological polar surface area (TPSA) is 20.2 Å². The van der Waals surface area contributed by atoms with E-state index in [9.17, 15) is 5.11 Å². The molecule has 0 amide bonds. The molecule has 26 heavy (non-hydrogen) atoms. The number of hydrogen-bond acceptors (Lipinski definition) is 1. The molecule has 0 aromatic heterocycles. The minimum Gasteiger partial charge on any atom is -0.387 e. The summed E-state index contributed by atoms with van der Waals surface area (Å²) in [5.41, 5.74) is 6.77. The van der Waals surface area contributed by atoms with Gasteiger partial charge in [0.05, 0.1) is 6.10 Å². The summed E-state index contributed by atoms with van der Waals surface area (Å²) in [6, 6.07) is 17.6. The minimum absolute atomic E-state index is 0.134. The van der Waals surface area contributed by atoms with Gasteiger partial charge in [0, 0.05) is 10.9 Å². The molecule has 1 nitrogen and oxygen atoms in total. The third-order valence-electron chi connectivity index (χ3n) is 4.71. The molecule has 0 saturated carbocycles. The zero-order chi connectivity index (χ0) is 18.8. The molecular formula is C24H29ClO. The van der Waals surface area contributed by atoms with Crippen LogP contribution < -0.4 is 0 Å². The average molecular weight is 369 g/mol. The van der Waals surface area contributed by atoms with E-state index in [0.717, 1.165) is 24.0 Å². The van der Waals surface area contributed by atoms with Crippen molar-refractivity contribution in [3.63, 3.8) is 0 Å². The Bertz CT molecular complexity index is 712. The molecule has 0 bridgehead atoms. The summed E-state index contributed by atoms with van der Waals surface area (Å²) in [6.07, 6.45) is 7.17. The first kappa shape index (κ1) is 20.5. The molecular weight excluding hydrogens is 340 g/mol. The maximum Gasteiger partial charge on any atom is 0.0899 e. The van der Waals surface area contributed by atoms with Gasteiger partial charge in [-0.3, -0.25) is 0 Å². The van der Waals surface area contributed by atoms with Gasteiger partial charge in [-0.25, -0.2) is 0 Å². The number of unbranched alkanes of at least 4 members (excludes halogenated alkanes) is 2. The van der Waals surface area contributed by atoms with E-state index in [1.54, 1.807) is 0 Å². The molecule has 0 radical (unpaired) electrons. The number of aliphatic hydroxyl groups excluding tert-OH is 1. The maximum absolute atomic E-state index is 11.0. The highest BCUT2D eigenvalue weighted by molar-refractivity contribution is 6.30. The van der Waals surface area contributed by atoms with E-state index in [0.29, 0.717) is 5.02 Å². The number of rotatable bonds is 9. The molecule has 0 aliphatic heterocycles. The molecule has 2 atom stereocenters. The van der Waals surface area contributed by atoms with Crippen LogP contribution in [0.5, 0.6) is 0 Å². The predicted octanol–water partition coefficient (Wildman–Crippen LogP) is 7.23. The van der Waals surface area contributed by atoms with Crippen LogP contribution in [0.4, 0.5) is 0 Å². The van der Waals surface area contributed by atoms with E-state index >= 15 is 0 Å². The van der Waals surface area contributed by atoms with Crippen molar-refractivity contribution in [2.45, 2.75) is 58.0 Å². The van der Waals surface area contributed by atoms with Gasteiger partial charge in [0.15, 0.2) is 0 Å². The van der Waals surface area contributed by atoms with Gasteiger partial charge in [-0.1, -0.05) is 80.8 Å². The van der Waals surface area contributed by atoms with E-state index in [2.05, 4.69) is 31.7 Å². The van der Waals surface area contributed by atoms with Crippen LogP contribution in [-0.4, -0.2) is 5.11 Å². The van der Waals surface area contributed by atoms with Gasteiger partial charge in [0.25, 0.3) is 0 Å². The van der Waals surface area contributed by atoms with Gasteiger partial charge < -0.3 is 5.11 Å². The number of hydrogen-bond donors (Lipinski definition) is 1. The summed E-state index contributed by atoms with van der Waals surface area (Å²) >= 11 is 5.99. The van der Waals surface area contributed by atoms with Crippen LogP contribution in [0, 0.1) is 0 Å². The Balaban J connectivity index is 2.32. The molecule has 2 rings (SSSR count). The first-order chi connectivity index (χ1) is 12.7. The summed E-state index contributed by atoms with van der Waals surface area (Å²) < 4.78 is 0. The highest BCUT2D eigenvalue weighted by atomic mass is 35.5. The molecule has 1 N–H and O–H groups in total. The Hall–Kier alpha value is -1.79. The van der Waals surface area contributed by atoms with Crippen molar-refractivity contribution in [2.24, 2.45) is 0 Å². The second-order valence-electron chi connectivity index (χ2n) is 6.66. The first-order valence-corrected chi connectivity index (χ1v) is 9.96. The van der Waals surface area contributed by atoms with Crippen molar-refractivity contribution in [1.29, 1.82) is 0 Å². The Morgan fingerprint density at radius 1 is 1.00 bits per heavy atom. The average Bonchev–Trinajstić information content (AvgIpc) is 2.68. The summed E-state index contributed by atoms with van der Waals surface area (Å²) in [5.74, 6) is -0.134. The zero-order valence-corrected chi connectivity index (χ0v) is 16.5. The van der Waals surface area contributed by atoms with Crippen LogP contribution in [0.3, 0.4) is 0 Å². The van der Waals surface area contributed by atoms with Crippen molar-refractivity contribution < 1.29 is 5.11 Å². The number of benzene rings is 2. The van der Waals surface area contributed by atoms with E-state index in [-0.39, 0.29) is 5.92 Å². The molecule has 2 heteroatoms. The van der Waals surface area contributed by atoms with Gasteiger partial charge in [-0.05, 0) is 54.2 Å². The second kappa shape index (κ2) is 11.0. The Labute approximate surface area is 163 Å². The van der Waals surface area contributed by atoms with Crippen LogP contribution in [0.25, 0.3) is 0 Å². The Kier molecular flexibility index (Phi) is 8.71. The van der Waals surface area contributed by atoms with Crippen molar-refractivity contribution in [3.8, 4) is 0 Å². The molecule has 0 unspecified atom stereocenters. The first-order valence-electron chi connectivity index (χ1n) is 9.58. The third kappa shape index (κ3) is 6.18. The maximum atomic E-state index is 11.0. The predicted molar refractivity (Wildman–Crippen MR) is 112 cm³/mol. The summed E-state index contributed by atoms with van der Waals surface area (Å²) in [6.45, 7) is 4.40. The lowest BCUT2D eigenvalue weighted by molar-refractivity contribution is 0.162. The van der Waals surface area contributed by atoms with Crippen LogP contribution >= 0.6 is 11.6 Å². The lowest BCUT2D eigenvalue weighted by Gasteiger charge is -2.20. The summed E-state index contributed by atoms with van der Waals surface area (Å²) in [7, 11) is 0. The van der Waals surface area contributed by atoms with E-state index in [4.69, 9.17) is 11.6 Å². The zero-order valence-electron chi connectivity index (χ0n) is 15.8. The monoisotopic (exact) mass is 368 g/mol. The van der Waals surface area contributed by atoms with Gasteiger partial charge in [0.2, 0.25) is 0 Å². The van der Waals surface area contributed by atoms with E-state index in [1.807, 2.05) is 48.5 Å². The van der Waals surface area contributed by atoms with Crippen molar-refractivity contribution >= 4 is 11.6 Å². The van der Waals surface area contributed by atoms with Gasteiger partial charge in [-0.2, -0.15) is 0 Å². The SMILES string of the molecule is CCCCCC(=C=C[C@@H](c1ccccc1)[C@@H](O)c1ccc(Cl)cc1)CC. The lowest BCUT2D eigenvalue weighted by atomic mass is 9.88. The molecule has 0 heterocycles. The minimum atomic E-state index is -0.629. The quantitative estimate of drug-likeness (QED) is 0.365. The van der Waals surface area contributed by atoms with E-state index in [1.165, 1.54) is 24.8 Å². The largest absolute Gasteiger partial charge is 0.387 e. The normalized spacial score (nSPS) is 12.9. The lowest BCUT2D eigenvalue weighted by Crippen LogP contribution is -2.08. The fourth-order valence-electron chi connectivity index (χ4n) is 3.06. The standard InChI is InChI=1S/C24H29ClO/c1-3-5-7-10-19(4-2)13-18-23(20-11-8-6-9-12-20)24(26)21-14-16-22(25)17-15-21/h6,8-9,11-12,14-18,23-24,26H,3-5,7,10H2,1-2H3/t13?,23-,24-/m0/s1. The molecule has 2 aromatic carbocycles. The van der Waals surface area contributed by atoms with Gasteiger partial charge in [0.1, 0.15) is 0 Å². The molecule has 0 fully saturated rings. The van der Waals surface area contributed by atoms with Crippen molar-refractivity contribution in [1.82, 2.24) is 0 Å². The summed E-state index contributed by atoms with van der Waals surface area (Å²) in [5, 5.41) is 11.7. The van der Waals surface area contributed by atoms with Crippen LogP contribution in [-0.2, 0) is 0 Å². The van der Waals surface area contributed by atoms with Gasteiger partial charge >= 0.3 is 0 Å². The fraction of sp³-hybridized carbons (Fsp3) is 0.375. The molecule has 138 valence electrons. The van der Waals surface area contributed by atoms with Crippen LogP contribution in [0.2, 0.25) is 5.02 Å². The molecule has 2 aromatic rings. The van der Waals surface area contributed by atoms with Crippen LogP contribution in [0.15, 0.2) is 72.0 Å². The number of halogens is 1. The third-order valence-corrected chi connectivity index (χ3v) is 4.96. The van der Waals surface area contributed by atoms with Crippen molar-refractivity contribution in [3.05, 3.63) is 88.1 Å².